The maximum Gasteiger partial charge on any atom is 0.416 e. The number of amides is 1. The molecule has 0 spiro atoms. The summed E-state index contributed by atoms with van der Waals surface area (Å²) in [7, 11) is 0. The molecule has 1 aromatic heterocycles. The predicted octanol–water partition coefficient (Wildman–Crippen LogP) is 4.38. The van der Waals surface area contributed by atoms with Crippen LogP contribution in [0.5, 0.6) is 0 Å². The van der Waals surface area contributed by atoms with E-state index in [9.17, 15) is 27.2 Å². The third-order valence-corrected chi connectivity index (χ3v) is 7.27. The van der Waals surface area contributed by atoms with E-state index in [0.29, 0.717) is 29.9 Å². The van der Waals surface area contributed by atoms with Crippen LogP contribution in [0.3, 0.4) is 0 Å². The lowest BCUT2D eigenvalue weighted by molar-refractivity contribution is -0.137. The van der Waals surface area contributed by atoms with Gasteiger partial charge in [-0.25, -0.2) is 9.37 Å². The number of rotatable bonds is 5. The zero-order chi connectivity index (χ0) is 28.6. The smallest absolute Gasteiger partial charge is 0.348 e. The largest absolute Gasteiger partial charge is 0.416 e. The average Bonchev–Trinajstić information content (AvgIpc) is 3.46. The van der Waals surface area contributed by atoms with Gasteiger partial charge in [0, 0.05) is 26.1 Å². The van der Waals surface area contributed by atoms with Gasteiger partial charge in [-0.15, -0.1) is 0 Å². The molecule has 2 aliphatic heterocycles. The highest BCUT2D eigenvalue weighted by Crippen LogP contribution is 2.30. The Bertz CT molecular complexity index is 1540. The van der Waals surface area contributed by atoms with Gasteiger partial charge in [0.1, 0.15) is 5.82 Å². The fourth-order valence-corrected chi connectivity index (χ4v) is 5.06. The number of aromatic nitrogens is 2. The van der Waals surface area contributed by atoms with E-state index >= 15 is 0 Å². The lowest BCUT2D eigenvalue weighted by atomic mass is 10.0. The van der Waals surface area contributed by atoms with Crippen LogP contribution in [0.25, 0.3) is 0 Å². The first-order valence-electron chi connectivity index (χ1n) is 12.9. The summed E-state index contributed by atoms with van der Waals surface area (Å²) in [6.07, 6.45) is -2.43. The van der Waals surface area contributed by atoms with Crippen molar-refractivity contribution in [3.8, 4) is 6.07 Å². The Morgan fingerprint density at radius 3 is 2.42 bits per heavy atom. The summed E-state index contributed by atoms with van der Waals surface area (Å²) in [4.78, 5) is 33.1. The van der Waals surface area contributed by atoms with Crippen molar-refractivity contribution in [3.63, 3.8) is 0 Å². The molecule has 0 radical (unpaired) electrons. The van der Waals surface area contributed by atoms with Gasteiger partial charge in [0.25, 0.3) is 11.5 Å². The Kier molecular flexibility index (Phi) is 7.23. The van der Waals surface area contributed by atoms with Gasteiger partial charge < -0.3 is 15.2 Å². The highest BCUT2D eigenvalue weighted by atomic mass is 19.4. The lowest BCUT2D eigenvalue weighted by Gasteiger charge is -2.32. The molecule has 1 atom stereocenters. The Morgan fingerprint density at radius 2 is 1.80 bits per heavy atom. The number of nitriles is 1. The number of alkyl halides is 3. The van der Waals surface area contributed by atoms with Crippen LogP contribution in [0.1, 0.15) is 64.1 Å². The molecule has 8 nitrogen and oxygen atoms in total. The van der Waals surface area contributed by atoms with Gasteiger partial charge in [0.15, 0.2) is 0 Å². The second kappa shape index (κ2) is 10.6. The number of nitrogens with one attached hydrogen (secondary N) is 1. The minimum Gasteiger partial charge on any atom is -0.348 e. The second-order valence-electron chi connectivity index (χ2n) is 9.91. The number of benzene rings is 2. The second-order valence-corrected chi connectivity index (χ2v) is 9.91. The molecule has 3 heterocycles. The quantitative estimate of drug-likeness (QED) is 0.471. The minimum atomic E-state index is -4.44. The topological polar surface area (TPSA) is 94.3 Å². The summed E-state index contributed by atoms with van der Waals surface area (Å²) < 4.78 is 55.0. The molecular weight excluding hydrogens is 528 g/mol. The van der Waals surface area contributed by atoms with Crippen LogP contribution in [0.2, 0.25) is 0 Å². The molecule has 0 unspecified atom stereocenters. The Balaban J connectivity index is 1.45. The first kappa shape index (κ1) is 27.2. The molecule has 0 saturated carbocycles. The van der Waals surface area contributed by atoms with E-state index in [4.69, 9.17) is 10.2 Å². The van der Waals surface area contributed by atoms with Gasteiger partial charge in [-0.3, -0.25) is 9.59 Å². The summed E-state index contributed by atoms with van der Waals surface area (Å²) in [6.45, 7) is 3.15. The third-order valence-electron chi connectivity index (χ3n) is 7.27. The fraction of sp³-hybridized carbons (Fsp3) is 0.357. The highest BCUT2D eigenvalue weighted by Gasteiger charge is 2.32. The van der Waals surface area contributed by atoms with Gasteiger partial charge in [-0.1, -0.05) is 12.1 Å². The molecule has 1 N–H and O–H groups in total. The number of halogens is 4. The number of hydrogen-bond acceptors (Lipinski definition) is 6. The molecular formula is C28H26F4N6O2. The number of carbonyl (C=O) groups is 1. The predicted molar refractivity (Wildman–Crippen MR) is 139 cm³/mol. The minimum absolute atomic E-state index is 0.0536. The van der Waals surface area contributed by atoms with Crippen LogP contribution in [0.15, 0.2) is 47.3 Å². The van der Waals surface area contributed by atoms with Crippen molar-refractivity contribution in [3.05, 3.63) is 92.1 Å². The van der Waals surface area contributed by atoms with Crippen molar-refractivity contribution < 1.29 is 22.4 Å². The van der Waals surface area contributed by atoms with Gasteiger partial charge in [0.2, 0.25) is 5.95 Å². The fourth-order valence-electron chi connectivity index (χ4n) is 5.06. The van der Waals surface area contributed by atoms with Crippen LogP contribution in [0, 0.1) is 17.1 Å². The number of carbonyl (C=O) groups excluding carboxylic acids is 1. The van der Waals surface area contributed by atoms with E-state index < -0.39 is 29.5 Å². The van der Waals surface area contributed by atoms with Crippen molar-refractivity contribution in [2.24, 2.45) is 0 Å². The molecule has 3 aromatic rings. The maximum atomic E-state index is 14.5. The van der Waals surface area contributed by atoms with Crippen LogP contribution in [-0.2, 0) is 19.1 Å². The van der Waals surface area contributed by atoms with E-state index in [1.807, 2.05) is 11.1 Å². The molecule has 1 fully saturated rings. The molecule has 0 aliphatic carbocycles. The summed E-state index contributed by atoms with van der Waals surface area (Å²) in [6, 6.07) is 9.83. The maximum absolute atomic E-state index is 14.5. The Labute approximate surface area is 227 Å². The Morgan fingerprint density at radius 1 is 1.10 bits per heavy atom. The number of anilines is 1. The summed E-state index contributed by atoms with van der Waals surface area (Å²) in [5.41, 5.74) is 0.241. The molecule has 5 rings (SSSR count). The zero-order valence-corrected chi connectivity index (χ0v) is 21.6. The van der Waals surface area contributed by atoms with Crippen molar-refractivity contribution >= 4 is 11.9 Å². The molecule has 40 heavy (non-hydrogen) atoms. The van der Waals surface area contributed by atoms with E-state index in [1.54, 1.807) is 6.92 Å². The molecule has 12 heteroatoms. The van der Waals surface area contributed by atoms with E-state index in [2.05, 4.69) is 5.32 Å². The van der Waals surface area contributed by atoms with E-state index in [-0.39, 0.29) is 42.1 Å². The first-order valence-corrected chi connectivity index (χ1v) is 12.9. The van der Waals surface area contributed by atoms with Crippen LogP contribution >= 0.6 is 0 Å². The molecule has 1 saturated heterocycles. The zero-order valence-electron chi connectivity index (χ0n) is 21.6. The Hall–Kier alpha value is -4.40. The lowest BCUT2D eigenvalue weighted by Crippen LogP contribution is -2.47. The van der Waals surface area contributed by atoms with Gasteiger partial charge in [-0.2, -0.15) is 23.1 Å². The molecule has 2 aliphatic rings. The summed E-state index contributed by atoms with van der Waals surface area (Å²) >= 11 is 0. The van der Waals surface area contributed by atoms with E-state index in [0.717, 1.165) is 31.0 Å². The third kappa shape index (κ3) is 5.23. The standard InChI is InChI=1S/C28H26F4N6O2/c1-17(19-5-7-20(8-6-19)28(30,31)32)34-27-35-24-10-13-36(25(39)21-9-4-18(15-33)14-23(21)29)16-22(24)26(40)38(27)37-11-2-3-12-37/h4-9,14,17H,2-3,10-13,16H2,1H3,(H,34,35)/t17-/m0/s1. The average molecular weight is 555 g/mol. The van der Waals surface area contributed by atoms with Crippen molar-refractivity contribution in [1.82, 2.24) is 14.6 Å². The van der Waals surface area contributed by atoms with Gasteiger partial charge in [0.05, 0.1) is 46.6 Å². The van der Waals surface area contributed by atoms with Crippen molar-refractivity contribution in [2.75, 3.05) is 30.0 Å². The van der Waals surface area contributed by atoms with Crippen LogP contribution < -0.4 is 15.9 Å². The number of fused-ring (bicyclic) bond motifs is 1. The van der Waals surface area contributed by atoms with Gasteiger partial charge in [-0.05, 0) is 55.7 Å². The summed E-state index contributed by atoms with van der Waals surface area (Å²) in [5, 5.41) is 14.0. The van der Waals surface area contributed by atoms with Crippen LogP contribution in [0.4, 0.5) is 23.5 Å². The first-order chi connectivity index (χ1) is 19.1. The SMILES string of the molecule is C[C@H](Nc1nc2c(c(=O)n1N1CCCC1)CN(C(=O)c1ccc(C#N)cc1F)CC2)c1ccc(C(F)(F)F)cc1. The molecule has 1 amide bonds. The monoisotopic (exact) mass is 554 g/mol. The number of hydrogen-bond donors (Lipinski definition) is 1. The number of nitrogens with zero attached hydrogens (tertiary/aromatic N) is 5. The van der Waals surface area contributed by atoms with Crippen molar-refractivity contribution in [1.29, 1.82) is 5.26 Å². The highest BCUT2D eigenvalue weighted by molar-refractivity contribution is 5.94. The summed E-state index contributed by atoms with van der Waals surface area (Å²) in [5.74, 6) is -1.12. The molecule has 208 valence electrons. The molecule has 2 aromatic carbocycles. The molecule has 0 bridgehead atoms. The normalized spacial score (nSPS) is 15.9. The van der Waals surface area contributed by atoms with Crippen molar-refractivity contribution in [2.45, 2.75) is 44.9 Å². The van der Waals surface area contributed by atoms with Gasteiger partial charge >= 0.3 is 6.18 Å². The van der Waals surface area contributed by atoms with Crippen LogP contribution in [-0.4, -0.2) is 40.1 Å². The van der Waals surface area contributed by atoms with E-state index in [1.165, 1.54) is 33.8 Å².